The van der Waals surface area contributed by atoms with Gasteiger partial charge in [-0.2, -0.15) is 0 Å². The highest BCUT2D eigenvalue weighted by Gasteiger charge is 2.21. The first kappa shape index (κ1) is 21.3. The van der Waals surface area contributed by atoms with Crippen LogP contribution >= 0.6 is 11.3 Å². The second kappa shape index (κ2) is 9.89. The highest BCUT2D eigenvalue weighted by atomic mass is 32.1. The molecular formula is C24H23NO4S. The minimum Gasteiger partial charge on any atom is -0.497 e. The Morgan fingerprint density at radius 1 is 1.03 bits per heavy atom. The van der Waals surface area contributed by atoms with Crippen molar-refractivity contribution in [3.05, 3.63) is 76.7 Å². The fourth-order valence-electron chi connectivity index (χ4n) is 2.93. The van der Waals surface area contributed by atoms with E-state index in [4.69, 9.17) is 9.47 Å². The third-order valence-corrected chi connectivity index (χ3v) is 5.53. The van der Waals surface area contributed by atoms with Gasteiger partial charge in [-0.05, 0) is 41.3 Å². The van der Waals surface area contributed by atoms with Gasteiger partial charge < -0.3 is 14.8 Å². The van der Waals surface area contributed by atoms with Crippen LogP contribution in [0.4, 0.5) is 5.00 Å². The van der Waals surface area contributed by atoms with Gasteiger partial charge in [0.1, 0.15) is 16.3 Å². The molecule has 1 heterocycles. The first-order valence-corrected chi connectivity index (χ1v) is 10.4. The molecule has 1 aromatic heterocycles. The fourth-order valence-corrected chi connectivity index (χ4v) is 3.89. The molecule has 0 aliphatic heterocycles. The Kier molecular flexibility index (Phi) is 7.03. The molecule has 154 valence electrons. The van der Waals surface area contributed by atoms with Crippen LogP contribution in [0.5, 0.6) is 5.75 Å². The van der Waals surface area contributed by atoms with Gasteiger partial charge in [-0.1, -0.05) is 43.3 Å². The van der Waals surface area contributed by atoms with E-state index in [0.717, 1.165) is 28.9 Å². The number of anilines is 1. The predicted octanol–water partition coefficient (Wildman–Crippen LogP) is 5.42. The van der Waals surface area contributed by atoms with Crippen molar-refractivity contribution in [2.75, 3.05) is 19.5 Å². The topological polar surface area (TPSA) is 64.6 Å². The van der Waals surface area contributed by atoms with Crippen LogP contribution in [0.15, 0.2) is 60.0 Å². The van der Waals surface area contributed by atoms with Gasteiger partial charge in [-0.3, -0.25) is 4.79 Å². The number of benzene rings is 2. The summed E-state index contributed by atoms with van der Waals surface area (Å²) in [5.74, 6) is -0.0663. The third-order valence-electron chi connectivity index (χ3n) is 4.63. The molecule has 0 radical (unpaired) electrons. The SMILES string of the molecule is CCc1ccc(-c2csc(NC(=O)/C=C/c3ccc(OC)cc3)c2C(=O)OC)cc1. The van der Waals surface area contributed by atoms with Crippen LogP contribution in [0.3, 0.4) is 0 Å². The average Bonchev–Trinajstić information content (AvgIpc) is 3.20. The highest BCUT2D eigenvalue weighted by molar-refractivity contribution is 7.15. The fraction of sp³-hybridized carbons (Fsp3) is 0.167. The maximum atomic E-state index is 12.4. The molecular weight excluding hydrogens is 398 g/mol. The molecule has 5 nitrogen and oxygen atoms in total. The minimum atomic E-state index is -0.486. The van der Waals surface area contributed by atoms with Crippen LogP contribution in [-0.2, 0) is 16.0 Å². The van der Waals surface area contributed by atoms with E-state index in [-0.39, 0.29) is 5.91 Å². The van der Waals surface area contributed by atoms with Gasteiger partial charge in [-0.15, -0.1) is 11.3 Å². The van der Waals surface area contributed by atoms with E-state index in [1.807, 2.05) is 53.9 Å². The second-order valence-electron chi connectivity index (χ2n) is 6.49. The van der Waals surface area contributed by atoms with Crippen LogP contribution in [-0.4, -0.2) is 26.1 Å². The van der Waals surface area contributed by atoms with Gasteiger partial charge >= 0.3 is 5.97 Å². The Morgan fingerprint density at radius 3 is 2.33 bits per heavy atom. The van der Waals surface area contributed by atoms with Crippen molar-refractivity contribution in [1.82, 2.24) is 0 Å². The van der Waals surface area contributed by atoms with Gasteiger partial charge in [-0.25, -0.2) is 4.79 Å². The number of aryl methyl sites for hydroxylation is 1. The zero-order valence-corrected chi connectivity index (χ0v) is 17.9. The van der Waals surface area contributed by atoms with E-state index in [2.05, 4.69) is 12.2 Å². The average molecular weight is 422 g/mol. The molecule has 0 fully saturated rings. The number of rotatable bonds is 7. The summed E-state index contributed by atoms with van der Waals surface area (Å²) in [5.41, 5.74) is 4.08. The first-order valence-electron chi connectivity index (χ1n) is 9.48. The van der Waals surface area contributed by atoms with Crippen LogP contribution in [0.1, 0.15) is 28.4 Å². The Morgan fingerprint density at radius 2 is 1.73 bits per heavy atom. The number of methoxy groups -OCH3 is 2. The molecule has 3 aromatic rings. The van der Waals surface area contributed by atoms with Crippen LogP contribution in [0.2, 0.25) is 0 Å². The number of nitrogens with one attached hydrogen (secondary N) is 1. The van der Waals surface area contributed by atoms with Gasteiger partial charge in [0.25, 0.3) is 0 Å². The van der Waals surface area contributed by atoms with Gasteiger partial charge in [0, 0.05) is 17.0 Å². The molecule has 2 aromatic carbocycles. The summed E-state index contributed by atoms with van der Waals surface area (Å²) in [5, 5.41) is 5.11. The van der Waals surface area contributed by atoms with E-state index < -0.39 is 5.97 Å². The molecule has 0 aliphatic rings. The van der Waals surface area contributed by atoms with E-state index in [9.17, 15) is 9.59 Å². The van der Waals surface area contributed by atoms with Crippen molar-refractivity contribution in [2.24, 2.45) is 0 Å². The van der Waals surface area contributed by atoms with Crippen LogP contribution in [0, 0.1) is 0 Å². The number of hydrogen-bond acceptors (Lipinski definition) is 5. The predicted molar refractivity (Wildman–Crippen MR) is 121 cm³/mol. The van der Waals surface area contributed by atoms with Crippen molar-refractivity contribution in [3.8, 4) is 16.9 Å². The quantitative estimate of drug-likeness (QED) is 0.408. The number of hydrogen-bond donors (Lipinski definition) is 1. The maximum absolute atomic E-state index is 12.4. The van der Waals surface area contributed by atoms with Crippen molar-refractivity contribution in [3.63, 3.8) is 0 Å². The maximum Gasteiger partial charge on any atom is 0.341 e. The smallest absolute Gasteiger partial charge is 0.341 e. The lowest BCUT2D eigenvalue weighted by molar-refractivity contribution is -0.111. The van der Waals surface area contributed by atoms with Crippen LogP contribution in [0.25, 0.3) is 17.2 Å². The third kappa shape index (κ3) is 4.96. The summed E-state index contributed by atoms with van der Waals surface area (Å²) in [6.45, 7) is 2.09. The van der Waals surface area contributed by atoms with Gasteiger partial charge in [0.05, 0.1) is 14.2 Å². The zero-order valence-electron chi connectivity index (χ0n) is 17.1. The van der Waals surface area contributed by atoms with Crippen LogP contribution < -0.4 is 10.1 Å². The lowest BCUT2D eigenvalue weighted by Crippen LogP contribution is -2.11. The number of ether oxygens (including phenoxy) is 2. The monoisotopic (exact) mass is 421 g/mol. The van der Waals surface area contributed by atoms with Gasteiger partial charge in [0.15, 0.2) is 0 Å². The summed E-state index contributed by atoms with van der Waals surface area (Å²) in [7, 11) is 2.93. The lowest BCUT2D eigenvalue weighted by Gasteiger charge is -2.07. The number of esters is 1. The van der Waals surface area contributed by atoms with E-state index in [0.29, 0.717) is 10.6 Å². The summed E-state index contributed by atoms with van der Waals surface area (Å²) in [6.07, 6.45) is 4.07. The minimum absolute atomic E-state index is 0.328. The molecule has 6 heteroatoms. The van der Waals surface area contributed by atoms with Crippen molar-refractivity contribution in [2.45, 2.75) is 13.3 Å². The lowest BCUT2D eigenvalue weighted by atomic mass is 10.0. The summed E-state index contributed by atoms with van der Waals surface area (Å²) < 4.78 is 10.1. The Balaban J connectivity index is 1.82. The van der Waals surface area contributed by atoms with Crippen molar-refractivity contribution in [1.29, 1.82) is 0 Å². The van der Waals surface area contributed by atoms with Crippen molar-refractivity contribution < 1.29 is 19.1 Å². The van der Waals surface area contributed by atoms with Gasteiger partial charge in [0.2, 0.25) is 5.91 Å². The molecule has 0 aliphatic carbocycles. The molecule has 1 amide bonds. The van der Waals surface area contributed by atoms with E-state index in [1.165, 1.54) is 30.1 Å². The second-order valence-corrected chi connectivity index (χ2v) is 7.37. The number of carbonyl (C=O) groups excluding carboxylic acids is 2. The molecule has 0 spiro atoms. The Bertz CT molecular complexity index is 1050. The molecule has 0 bridgehead atoms. The van der Waals surface area contributed by atoms with E-state index >= 15 is 0 Å². The highest BCUT2D eigenvalue weighted by Crippen LogP contribution is 2.36. The standard InChI is InChI=1S/C24H23NO4S/c1-4-16-5-10-18(11-6-16)20-15-30-23(22(20)24(27)29-3)25-21(26)14-9-17-7-12-19(28-2)13-8-17/h5-15H,4H2,1-3H3,(H,25,26)/b14-9+. The largest absolute Gasteiger partial charge is 0.497 e. The molecule has 3 rings (SSSR count). The molecule has 0 saturated carbocycles. The van der Waals surface area contributed by atoms with Crippen molar-refractivity contribution >= 4 is 34.3 Å². The molecule has 30 heavy (non-hydrogen) atoms. The van der Waals surface area contributed by atoms with E-state index in [1.54, 1.807) is 13.2 Å². The normalized spacial score (nSPS) is 10.8. The Labute approximate surface area is 180 Å². The number of thiophene rings is 1. The molecule has 1 N–H and O–H groups in total. The number of amides is 1. The number of carbonyl (C=O) groups is 2. The molecule has 0 atom stereocenters. The first-order chi connectivity index (χ1) is 14.5. The zero-order chi connectivity index (χ0) is 21.5. The summed E-state index contributed by atoms with van der Waals surface area (Å²) >= 11 is 1.30. The summed E-state index contributed by atoms with van der Waals surface area (Å²) in [6, 6.07) is 15.4. The molecule has 0 saturated heterocycles. The summed E-state index contributed by atoms with van der Waals surface area (Å²) in [4.78, 5) is 24.9. The Hall–Kier alpha value is -3.38. The molecule has 0 unspecified atom stereocenters.